The molecule has 1 amide bonds. The molecular formula is C18H25N5O. The van der Waals surface area contributed by atoms with Crippen LogP contribution in [0.4, 0.5) is 0 Å². The summed E-state index contributed by atoms with van der Waals surface area (Å²) in [5.41, 5.74) is 1.88. The molecule has 1 atom stereocenters. The van der Waals surface area contributed by atoms with Crippen LogP contribution in [0, 0.1) is 5.92 Å². The van der Waals surface area contributed by atoms with Gasteiger partial charge in [0.1, 0.15) is 12.2 Å². The Bertz CT molecular complexity index is 668. The Balaban J connectivity index is 1.67. The summed E-state index contributed by atoms with van der Waals surface area (Å²) in [5.74, 6) is 1.38. The van der Waals surface area contributed by atoms with Gasteiger partial charge in [0.2, 0.25) is 0 Å². The van der Waals surface area contributed by atoms with E-state index in [0.717, 1.165) is 42.9 Å². The molecule has 2 heterocycles. The molecule has 24 heavy (non-hydrogen) atoms. The molecule has 0 bridgehead atoms. The van der Waals surface area contributed by atoms with Crippen LogP contribution >= 0.6 is 0 Å². The summed E-state index contributed by atoms with van der Waals surface area (Å²) in [7, 11) is 0. The number of H-pyrrole nitrogens is 1. The highest BCUT2D eigenvalue weighted by molar-refractivity contribution is 5.94. The molecule has 6 heteroatoms. The van der Waals surface area contributed by atoms with Crippen molar-refractivity contribution in [3.8, 4) is 0 Å². The molecule has 2 N–H and O–H groups in total. The smallest absolute Gasteiger partial charge is 0.251 e. The zero-order valence-electron chi connectivity index (χ0n) is 14.3. The van der Waals surface area contributed by atoms with Crippen LogP contribution in [0.15, 0.2) is 30.6 Å². The monoisotopic (exact) mass is 327 g/mol. The number of benzene rings is 1. The lowest BCUT2D eigenvalue weighted by Crippen LogP contribution is -2.27. The first-order valence-electron chi connectivity index (χ1n) is 8.60. The summed E-state index contributed by atoms with van der Waals surface area (Å²) in [6.45, 7) is 6.73. The Kier molecular flexibility index (Phi) is 5.25. The molecule has 1 unspecified atom stereocenters. The van der Waals surface area contributed by atoms with Crippen LogP contribution in [0.5, 0.6) is 0 Å². The maximum atomic E-state index is 12.2. The number of aromatic amines is 1. The average Bonchev–Trinajstić information content (AvgIpc) is 3.24. The Labute approximate surface area is 142 Å². The Morgan fingerprint density at radius 2 is 2.33 bits per heavy atom. The van der Waals surface area contributed by atoms with Gasteiger partial charge in [-0.3, -0.25) is 14.8 Å². The normalized spacial score (nSPS) is 18.2. The van der Waals surface area contributed by atoms with Crippen molar-refractivity contribution >= 4 is 5.91 Å². The molecule has 3 rings (SSSR count). The third kappa shape index (κ3) is 4.00. The SMILES string of the molecule is CC(C)CNC(=O)c1cccc(CN2CCCC2c2ncn[nH]2)c1. The summed E-state index contributed by atoms with van der Waals surface area (Å²) >= 11 is 0. The van der Waals surface area contributed by atoms with Crippen LogP contribution in [0.2, 0.25) is 0 Å². The van der Waals surface area contributed by atoms with Crippen LogP contribution in [-0.2, 0) is 6.54 Å². The Hall–Kier alpha value is -2.21. The van der Waals surface area contributed by atoms with E-state index in [-0.39, 0.29) is 11.9 Å². The summed E-state index contributed by atoms with van der Waals surface area (Å²) in [5, 5.41) is 9.92. The number of amides is 1. The van der Waals surface area contributed by atoms with Crippen LogP contribution < -0.4 is 5.32 Å². The number of carbonyl (C=O) groups is 1. The molecule has 1 saturated heterocycles. The fourth-order valence-electron chi connectivity index (χ4n) is 3.14. The molecule has 1 fully saturated rings. The van der Waals surface area contributed by atoms with Gasteiger partial charge in [-0.2, -0.15) is 5.10 Å². The highest BCUT2D eigenvalue weighted by Gasteiger charge is 2.28. The quantitative estimate of drug-likeness (QED) is 0.855. The number of nitrogens with one attached hydrogen (secondary N) is 2. The molecular weight excluding hydrogens is 302 g/mol. The lowest BCUT2D eigenvalue weighted by molar-refractivity contribution is 0.0949. The van der Waals surface area contributed by atoms with E-state index in [4.69, 9.17) is 0 Å². The largest absolute Gasteiger partial charge is 0.352 e. The van der Waals surface area contributed by atoms with Crippen molar-refractivity contribution in [1.82, 2.24) is 25.4 Å². The summed E-state index contributed by atoms with van der Waals surface area (Å²) in [6, 6.07) is 8.18. The van der Waals surface area contributed by atoms with E-state index in [2.05, 4.69) is 45.3 Å². The molecule has 6 nitrogen and oxygen atoms in total. The second-order valence-corrected chi connectivity index (χ2v) is 6.80. The van der Waals surface area contributed by atoms with Gasteiger partial charge in [0.15, 0.2) is 0 Å². The molecule has 0 aliphatic carbocycles. The number of hydrogen-bond acceptors (Lipinski definition) is 4. The lowest BCUT2D eigenvalue weighted by Gasteiger charge is -2.22. The van der Waals surface area contributed by atoms with Gasteiger partial charge in [0, 0.05) is 18.7 Å². The number of aromatic nitrogens is 3. The molecule has 0 spiro atoms. The van der Waals surface area contributed by atoms with Gasteiger partial charge in [0.25, 0.3) is 5.91 Å². The third-order valence-corrected chi connectivity index (χ3v) is 4.36. The average molecular weight is 327 g/mol. The van der Waals surface area contributed by atoms with Crippen LogP contribution in [0.1, 0.15) is 54.5 Å². The van der Waals surface area contributed by atoms with Gasteiger partial charge in [-0.05, 0) is 43.0 Å². The van der Waals surface area contributed by atoms with Crippen molar-refractivity contribution < 1.29 is 4.79 Å². The molecule has 1 aromatic carbocycles. The van der Waals surface area contributed by atoms with Crippen LogP contribution in [-0.4, -0.2) is 39.1 Å². The van der Waals surface area contributed by atoms with Crippen molar-refractivity contribution in [3.05, 3.63) is 47.5 Å². The van der Waals surface area contributed by atoms with E-state index in [0.29, 0.717) is 12.5 Å². The van der Waals surface area contributed by atoms with Gasteiger partial charge in [-0.1, -0.05) is 26.0 Å². The van der Waals surface area contributed by atoms with Gasteiger partial charge in [-0.25, -0.2) is 4.98 Å². The van der Waals surface area contributed by atoms with Crippen molar-refractivity contribution in [3.63, 3.8) is 0 Å². The molecule has 1 aliphatic heterocycles. The minimum absolute atomic E-state index is 0.00115. The molecule has 1 aromatic heterocycles. The number of carbonyl (C=O) groups excluding carboxylic acids is 1. The van der Waals surface area contributed by atoms with Crippen molar-refractivity contribution in [2.45, 2.75) is 39.3 Å². The summed E-state index contributed by atoms with van der Waals surface area (Å²) in [4.78, 5) is 18.9. The van der Waals surface area contributed by atoms with Gasteiger partial charge < -0.3 is 5.32 Å². The number of rotatable bonds is 6. The van der Waals surface area contributed by atoms with Crippen LogP contribution in [0.25, 0.3) is 0 Å². The first-order chi connectivity index (χ1) is 11.6. The third-order valence-electron chi connectivity index (χ3n) is 4.36. The molecule has 1 aliphatic rings. The zero-order chi connectivity index (χ0) is 16.9. The highest BCUT2D eigenvalue weighted by atomic mass is 16.1. The zero-order valence-corrected chi connectivity index (χ0v) is 14.3. The van der Waals surface area contributed by atoms with E-state index in [1.54, 1.807) is 6.33 Å². The first-order valence-corrected chi connectivity index (χ1v) is 8.60. The number of hydrogen-bond donors (Lipinski definition) is 2. The minimum Gasteiger partial charge on any atom is -0.352 e. The van der Waals surface area contributed by atoms with E-state index in [1.165, 1.54) is 0 Å². The van der Waals surface area contributed by atoms with Gasteiger partial charge in [-0.15, -0.1) is 0 Å². The summed E-state index contributed by atoms with van der Waals surface area (Å²) < 4.78 is 0. The molecule has 0 radical (unpaired) electrons. The standard InChI is InChI=1S/C18H25N5O/c1-13(2)10-19-18(24)15-6-3-5-14(9-15)11-23-8-4-7-16(23)17-20-12-21-22-17/h3,5-6,9,12-13,16H,4,7-8,10-11H2,1-2H3,(H,19,24)(H,20,21,22). The van der Waals surface area contributed by atoms with E-state index in [1.807, 2.05) is 18.2 Å². The van der Waals surface area contributed by atoms with E-state index >= 15 is 0 Å². The predicted molar refractivity (Wildman–Crippen MR) is 92.4 cm³/mol. The van der Waals surface area contributed by atoms with E-state index in [9.17, 15) is 4.79 Å². The van der Waals surface area contributed by atoms with Gasteiger partial charge in [0.05, 0.1) is 6.04 Å². The van der Waals surface area contributed by atoms with Crippen molar-refractivity contribution in [1.29, 1.82) is 0 Å². The molecule has 2 aromatic rings. The van der Waals surface area contributed by atoms with Gasteiger partial charge >= 0.3 is 0 Å². The fourth-order valence-corrected chi connectivity index (χ4v) is 3.14. The fraction of sp³-hybridized carbons (Fsp3) is 0.500. The Morgan fingerprint density at radius 1 is 1.46 bits per heavy atom. The lowest BCUT2D eigenvalue weighted by atomic mass is 10.1. The van der Waals surface area contributed by atoms with Crippen molar-refractivity contribution in [2.75, 3.05) is 13.1 Å². The maximum Gasteiger partial charge on any atom is 0.251 e. The minimum atomic E-state index is -0.00115. The molecule has 0 saturated carbocycles. The molecule has 128 valence electrons. The first kappa shape index (κ1) is 16.6. The number of likely N-dealkylation sites (tertiary alicyclic amines) is 1. The predicted octanol–water partition coefficient (Wildman–Crippen LogP) is 2.53. The number of nitrogens with zero attached hydrogens (tertiary/aromatic N) is 3. The second kappa shape index (κ2) is 7.57. The maximum absolute atomic E-state index is 12.2. The van der Waals surface area contributed by atoms with Crippen molar-refractivity contribution in [2.24, 2.45) is 5.92 Å². The summed E-state index contributed by atoms with van der Waals surface area (Å²) in [6.07, 6.45) is 3.80. The van der Waals surface area contributed by atoms with Crippen LogP contribution in [0.3, 0.4) is 0 Å². The second-order valence-electron chi connectivity index (χ2n) is 6.80. The topological polar surface area (TPSA) is 73.9 Å². The Morgan fingerprint density at radius 3 is 3.08 bits per heavy atom. The van der Waals surface area contributed by atoms with E-state index < -0.39 is 0 Å². The highest BCUT2D eigenvalue weighted by Crippen LogP contribution is 2.30.